The molecule has 0 aromatic carbocycles. The molecule has 0 spiro atoms. The molecule has 0 radical (unpaired) electrons. The molecule has 7 heteroatoms. The van der Waals surface area contributed by atoms with Crippen LogP contribution >= 0.6 is 11.8 Å². The third-order valence-electron chi connectivity index (χ3n) is 4.19. The lowest BCUT2D eigenvalue weighted by molar-refractivity contribution is -0.156. The van der Waals surface area contributed by atoms with Crippen LogP contribution in [0.25, 0.3) is 0 Å². The second kappa shape index (κ2) is 5.91. The molecular weight excluding hydrogens is 282 g/mol. The number of carboxylic acids is 1. The topological polar surface area (TPSA) is 76.1 Å². The van der Waals surface area contributed by atoms with Gasteiger partial charge in [0.05, 0.1) is 6.61 Å². The summed E-state index contributed by atoms with van der Waals surface area (Å²) in [7, 11) is 0. The van der Waals surface area contributed by atoms with E-state index in [1.165, 1.54) is 0 Å². The van der Waals surface area contributed by atoms with Crippen LogP contribution in [-0.2, 0) is 19.1 Å². The average molecular weight is 301 g/mol. The van der Waals surface area contributed by atoms with Crippen LogP contribution in [0.4, 0.5) is 0 Å². The highest BCUT2D eigenvalue weighted by Crippen LogP contribution is 2.32. The van der Waals surface area contributed by atoms with Crippen molar-refractivity contribution in [2.24, 2.45) is 0 Å². The van der Waals surface area contributed by atoms with Crippen molar-refractivity contribution in [3.05, 3.63) is 0 Å². The van der Waals surface area contributed by atoms with Crippen LogP contribution in [0.15, 0.2) is 0 Å². The molecule has 1 amide bonds. The molecule has 0 aromatic rings. The standard InChI is InChI=1S/C13H19NO5S/c15-12(9-1-2-10(19-9)13(16)17)14-4-6-20-11-7-18-5-3-8(11)14/h8-11H,1-7H2,(H,16,17)/t8?,9-,10+,11?/m0/s1. The summed E-state index contributed by atoms with van der Waals surface area (Å²) in [4.78, 5) is 25.4. The first-order valence-electron chi connectivity index (χ1n) is 7.05. The Bertz CT molecular complexity index is 402. The van der Waals surface area contributed by atoms with Crippen molar-refractivity contribution < 1.29 is 24.2 Å². The van der Waals surface area contributed by atoms with Crippen molar-refractivity contribution in [1.82, 2.24) is 4.90 Å². The molecule has 3 heterocycles. The van der Waals surface area contributed by atoms with E-state index in [1.54, 1.807) is 0 Å². The minimum absolute atomic E-state index is 0.0362. The number of nitrogens with zero attached hydrogens (tertiary/aromatic N) is 1. The molecule has 3 fully saturated rings. The highest BCUT2D eigenvalue weighted by molar-refractivity contribution is 8.00. The summed E-state index contributed by atoms with van der Waals surface area (Å²) >= 11 is 1.86. The van der Waals surface area contributed by atoms with Crippen LogP contribution in [-0.4, -0.2) is 70.9 Å². The first kappa shape index (κ1) is 14.2. The number of thioether (sulfide) groups is 1. The van der Waals surface area contributed by atoms with Crippen LogP contribution in [0.5, 0.6) is 0 Å². The van der Waals surface area contributed by atoms with Crippen molar-refractivity contribution in [3.8, 4) is 0 Å². The predicted octanol–water partition coefficient (Wildman–Crippen LogP) is 0.352. The summed E-state index contributed by atoms with van der Waals surface area (Å²) in [6.07, 6.45) is 0.383. The zero-order valence-corrected chi connectivity index (χ0v) is 12.0. The molecule has 112 valence electrons. The molecule has 3 rings (SSSR count). The number of fused-ring (bicyclic) bond motifs is 1. The van der Waals surface area contributed by atoms with Gasteiger partial charge in [-0.05, 0) is 19.3 Å². The molecule has 0 bridgehead atoms. The SMILES string of the molecule is O=C(O)[C@H]1CC[C@@H](C(=O)N2CCSC3COCCC32)O1. The number of hydrogen-bond acceptors (Lipinski definition) is 5. The van der Waals surface area contributed by atoms with Crippen molar-refractivity contribution in [1.29, 1.82) is 0 Å². The van der Waals surface area contributed by atoms with E-state index in [0.29, 0.717) is 31.3 Å². The predicted molar refractivity (Wildman–Crippen MR) is 72.7 cm³/mol. The van der Waals surface area contributed by atoms with Crippen LogP contribution in [0.3, 0.4) is 0 Å². The van der Waals surface area contributed by atoms with E-state index >= 15 is 0 Å². The Balaban J connectivity index is 1.65. The second-order valence-electron chi connectivity index (χ2n) is 5.40. The molecule has 6 nitrogen and oxygen atoms in total. The van der Waals surface area contributed by atoms with E-state index in [9.17, 15) is 9.59 Å². The highest BCUT2D eigenvalue weighted by atomic mass is 32.2. The number of ether oxygens (including phenoxy) is 2. The summed E-state index contributed by atoms with van der Waals surface area (Å²) in [5.41, 5.74) is 0. The largest absolute Gasteiger partial charge is 0.479 e. The molecule has 3 aliphatic rings. The van der Waals surface area contributed by atoms with E-state index in [2.05, 4.69) is 0 Å². The smallest absolute Gasteiger partial charge is 0.332 e. The zero-order valence-electron chi connectivity index (χ0n) is 11.2. The molecule has 1 N–H and O–H groups in total. The third kappa shape index (κ3) is 2.66. The van der Waals surface area contributed by atoms with Gasteiger partial charge in [0, 0.05) is 30.2 Å². The molecule has 20 heavy (non-hydrogen) atoms. The molecular formula is C13H19NO5S. The molecule has 3 saturated heterocycles. The molecule has 4 atom stereocenters. The maximum Gasteiger partial charge on any atom is 0.332 e. The number of rotatable bonds is 2. The number of aliphatic carboxylic acids is 1. The first-order chi connectivity index (χ1) is 9.66. The monoisotopic (exact) mass is 301 g/mol. The Morgan fingerprint density at radius 2 is 2.00 bits per heavy atom. The maximum absolute atomic E-state index is 12.6. The Kier molecular flexibility index (Phi) is 4.18. The number of amides is 1. The lowest BCUT2D eigenvalue weighted by Crippen LogP contribution is -2.56. The van der Waals surface area contributed by atoms with Gasteiger partial charge in [-0.1, -0.05) is 0 Å². The lowest BCUT2D eigenvalue weighted by Gasteiger charge is -2.44. The van der Waals surface area contributed by atoms with Gasteiger partial charge < -0.3 is 19.5 Å². The summed E-state index contributed by atoms with van der Waals surface area (Å²) in [6, 6.07) is 0.211. The molecule has 0 aliphatic carbocycles. The molecule has 3 aliphatic heterocycles. The van der Waals surface area contributed by atoms with Crippen LogP contribution in [0.2, 0.25) is 0 Å². The zero-order chi connectivity index (χ0) is 14.1. The van der Waals surface area contributed by atoms with E-state index in [1.807, 2.05) is 16.7 Å². The van der Waals surface area contributed by atoms with Crippen LogP contribution in [0, 0.1) is 0 Å². The Hall–Kier alpha value is -0.790. The van der Waals surface area contributed by atoms with E-state index in [0.717, 1.165) is 18.7 Å². The van der Waals surface area contributed by atoms with Gasteiger partial charge in [-0.25, -0.2) is 4.79 Å². The number of carbonyl (C=O) groups is 2. The van der Waals surface area contributed by atoms with Gasteiger partial charge in [0.1, 0.15) is 6.10 Å². The minimum Gasteiger partial charge on any atom is -0.479 e. The number of hydrogen-bond donors (Lipinski definition) is 1. The van der Waals surface area contributed by atoms with Crippen molar-refractivity contribution >= 4 is 23.6 Å². The van der Waals surface area contributed by atoms with Gasteiger partial charge in [-0.15, -0.1) is 0 Å². The highest BCUT2D eigenvalue weighted by Gasteiger charge is 2.42. The summed E-state index contributed by atoms with van der Waals surface area (Å²) in [5, 5.41) is 9.29. The molecule has 0 saturated carbocycles. The van der Waals surface area contributed by atoms with Gasteiger partial charge in [-0.3, -0.25) is 4.79 Å². The van der Waals surface area contributed by atoms with Gasteiger partial charge in [0.15, 0.2) is 6.10 Å². The Morgan fingerprint density at radius 1 is 1.20 bits per heavy atom. The van der Waals surface area contributed by atoms with Crippen LogP contribution in [0.1, 0.15) is 19.3 Å². The van der Waals surface area contributed by atoms with E-state index < -0.39 is 18.2 Å². The fraction of sp³-hybridized carbons (Fsp3) is 0.846. The maximum atomic E-state index is 12.6. The fourth-order valence-corrected chi connectivity index (χ4v) is 4.45. The fourth-order valence-electron chi connectivity index (χ4n) is 3.14. The lowest BCUT2D eigenvalue weighted by atomic mass is 10.0. The van der Waals surface area contributed by atoms with Gasteiger partial charge >= 0.3 is 5.97 Å². The van der Waals surface area contributed by atoms with Crippen LogP contribution < -0.4 is 0 Å². The van der Waals surface area contributed by atoms with E-state index in [-0.39, 0.29) is 11.9 Å². The first-order valence-corrected chi connectivity index (χ1v) is 8.10. The van der Waals surface area contributed by atoms with Crippen molar-refractivity contribution in [3.63, 3.8) is 0 Å². The number of carbonyl (C=O) groups excluding carboxylic acids is 1. The van der Waals surface area contributed by atoms with Gasteiger partial charge in [-0.2, -0.15) is 11.8 Å². The van der Waals surface area contributed by atoms with Gasteiger partial charge in [0.25, 0.3) is 5.91 Å². The minimum atomic E-state index is -0.974. The van der Waals surface area contributed by atoms with Crippen molar-refractivity contribution in [2.45, 2.75) is 42.8 Å². The molecule has 0 aromatic heterocycles. The third-order valence-corrected chi connectivity index (χ3v) is 5.48. The summed E-state index contributed by atoms with van der Waals surface area (Å²) < 4.78 is 10.9. The normalized spacial score (nSPS) is 37.5. The van der Waals surface area contributed by atoms with Crippen molar-refractivity contribution in [2.75, 3.05) is 25.5 Å². The van der Waals surface area contributed by atoms with Gasteiger partial charge in [0.2, 0.25) is 0 Å². The average Bonchev–Trinajstić information content (AvgIpc) is 2.96. The molecule has 2 unspecified atom stereocenters. The van der Waals surface area contributed by atoms with E-state index in [4.69, 9.17) is 14.6 Å². The summed E-state index contributed by atoms with van der Waals surface area (Å²) in [5.74, 6) is -0.102. The quantitative estimate of drug-likeness (QED) is 0.793. The Morgan fingerprint density at radius 3 is 2.75 bits per heavy atom. The summed E-state index contributed by atoms with van der Waals surface area (Å²) in [6.45, 7) is 2.11. The second-order valence-corrected chi connectivity index (χ2v) is 6.75. The number of carboxylic acid groups (broad SMARTS) is 1. The Labute approximate surface area is 121 Å².